The number of hydrogen-bond acceptors (Lipinski definition) is 4. The van der Waals surface area contributed by atoms with Crippen LogP contribution in [0, 0.1) is 6.92 Å². The Balaban J connectivity index is 1.71. The number of ether oxygens (including phenoxy) is 1. The Hall–Kier alpha value is -2.50. The molecule has 7 heteroatoms. The van der Waals surface area contributed by atoms with Crippen LogP contribution in [0.4, 0.5) is 5.69 Å². The van der Waals surface area contributed by atoms with E-state index in [0.717, 1.165) is 10.9 Å². The number of halogens is 2. The second-order valence-corrected chi connectivity index (χ2v) is 6.13. The molecule has 1 amide bonds. The van der Waals surface area contributed by atoms with Gasteiger partial charge in [0.2, 0.25) is 0 Å². The average molecular weight is 378 g/mol. The van der Waals surface area contributed by atoms with Crippen molar-refractivity contribution in [2.24, 2.45) is 0 Å². The Morgan fingerprint density at radius 1 is 1.20 bits per heavy atom. The molecule has 0 aliphatic heterocycles. The van der Waals surface area contributed by atoms with Crippen molar-refractivity contribution in [1.29, 1.82) is 0 Å². The van der Waals surface area contributed by atoms with Crippen molar-refractivity contribution < 1.29 is 13.9 Å². The first-order valence-electron chi connectivity index (χ1n) is 7.35. The molecule has 0 fully saturated rings. The number of aryl methyl sites for hydroxylation is 1. The van der Waals surface area contributed by atoms with Crippen molar-refractivity contribution in [3.05, 3.63) is 68.5 Å². The fraction of sp³-hybridized carbons (Fsp3) is 0.111. The summed E-state index contributed by atoms with van der Waals surface area (Å²) < 4.78 is 10.6. The highest BCUT2D eigenvalue weighted by Crippen LogP contribution is 2.29. The molecular weight excluding hydrogens is 365 g/mol. The summed E-state index contributed by atoms with van der Waals surface area (Å²) in [5.74, 6) is 0.0172. The molecule has 0 radical (unpaired) electrons. The molecule has 0 aliphatic rings. The van der Waals surface area contributed by atoms with Gasteiger partial charge in [-0.25, -0.2) is 4.79 Å². The van der Waals surface area contributed by atoms with Crippen LogP contribution in [0.1, 0.15) is 5.56 Å². The number of carbonyl (C=O) groups is 1. The molecule has 3 aromatic rings. The Bertz CT molecular complexity index is 1010. The lowest BCUT2D eigenvalue weighted by molar-refractivity contribution is -0.118. The van der Waals surface area contributed by atoms with E-state index in [-0.39, 0.29) is 11.6 Å². The molecule has 0 spiro atoms. The van der Waals surface area contributed by atoms with E-state index >= 15 is 0 Å². The molecule has 0 saturated heterocycles. The van der Waals surface area contributed by atoms with Crippen LogP contribution in [-0.4, -0.2) is 12.5 Å². The monoisotopic (exact) mass is 377 g/mol. The molecule has 128 valence electrons. The van der Waals surface area contributed by atoms with Crippen LogP contribution in [0.5, 0.6) is 5.75 Å². The summed E-state index contributed by atoms with van der Waals surface area (Å²) in [7, 11) is 0. The summed E-state index contributed by atoms with van der Waals surface area (Å²) in [6.07, 6.45) is 0. The molecule has 5 nitrogen and oxygen atoms in total. The van der Waals surface area contributed by atoms with E-state index in [9.17, 15) is 9.59 Å². The van der Waals surface area contributed by atoms with Crippen molar-refractivity contribution in [2.45, 2.75) is 6.92 Å². The van der Waals surface area contributed by atoms with Crippen LogP contribution in [0.2, 0.25) is 10.0 Å². The molecule has 1 aromatic heterocycles. The number of fused-ring (bicyclic) bond motifs is 1. The van der Waals surface area contributed by atoms with Gasteiger partial charge in [-0.3, -0.25) is 4.79 Å². The smallest absolute Gasteiger partial charge is 0.336 e. The van der Waals surface area contributed by atoms with Gasteiger partial charge in [0.15, 0.2) is 6.61 Å². The minimum absolute atomic E-state index is 0.232. The predicted octanol–water partition coefficient (Wildman–Crippen LogP) is 4.43. The lowest BCUT2D eigenvalue weighted by Crippen LogP contribution is -2.20. The standard InChI is InChI=1S/C18H13Cl2NO4/c1-10-7-17(23)25-15-8-11(5-6-12(10)15)24-9-16(22)21-14-4-2-3-13(19)18(14)20/h2-8H,9H2,1H3,(H,21,22). The SMILES string of the molecule is Cc1cc(=O)oc2cc(OCC(=O)Nc3cccc(Cl)c3Cl)ccc12. The first-order chi connectivity index (χ1) is 11.9. The first-order valence-corrected chi connectivity index (χ1v) is 8.11. The van der Waals surface area contributed by atoms with Gasteiger partial charge in [0.05, 0.1) is 15.7 Å². The number of anilines is 1. The number of nitrogens with one attached hydrogen (secondary N) is 1. The summed E-state index contributed by atoms with van der Waals surface area (Å²) in [4.78, 5) is 23.5. The number of hydrogen-bond donors (Lipinski definition) is 1. The van der Waals surface area contributed by atoms with Crippen molar-refractivity contribution in [2.75, 3.05) is 11.9 Å². The van der Waals surface area contributed by atoms with Crippen molar-refractivity contribution in [3.63, 3.8) is 0 Å². The maximum Gasteiger partial charge on any atom is 0.336 e. The largest absolute Gasteiger partial charge is 0.484 e. The molecule has 25 heavy (non-hydrogen) atoms. The molecule has 0 atom stereocenters. The quantitative estimate of drug-likeness (QED) is 0.683. The fourth-order valence-electron chi connectivity index (χ4n) is 2.33. The number of rotatable bonds is 4. The highest BCUT2D eigenvalue weighted by Gasteiger charge is 2.10. The zero-order valence-electron chi connectivity index (χ0n) is 13.1. The highest BCUT2D eigenvalue weighted by atomic mass is 35.5. The number of benzene rings is 2. The van der Waals surface area contributed by atoms with Gasteiger partial charge >= 0.3 is 5.63 Å². The molecule has 0 saturated carbocycles. The molecule has 1 heterocycles. The maximum absolute atomic E-state index is 12.0. The van der Waals surface area contributed by atoms with Gasteiger partial charge < -0.3 is 14.5 Å². The average Bonchev–Trinajstić information content (AvgIpc) is 2.56. The van der Waals surface area contributed by atoms with Crippen LogP contribution in [-0.2, 0) is 4.79 Å². The zero-order valence-corrected chi connectivity index (χ0v) is 14.6. The Kier molecular flexibility index (Phi) is 4.97. The Morgan fingerprint density at radius 2 is 2.00 bits per heavy atom. The second-order valence-electron chi connectivity index (χ2n) is 5.34. The van der Waals surface area contributed by atoms with Crippen molar-refractivity contribution in [3.8, 4) is 5.75 Å². The number of carbonyl (C=O) groups excluding carboxylic acids is 1. The van der Waals surface area contributed by atoms with Gasteiger partial charge in [-0.1, -0.05) is 29.3 Å². The lowest BCUT2D eigenvalue weighted by atomic mass is 10.1. The molecular formula is C18H13Cl2NO4. The minimum atomic E-state index is -0.435. The second kappa shape index (κ2) is 7.17. The predicted molar refractivity (Wildman–Crippen MR) is 97.8 cm³/mol. The summed E-state index contributed by atoms with van der Waals surface area (Å²) in [5, 5.41) is 4.04. The van der Waals surface area contributed by atoms with Crippen LogP contribution >= 0.6 is 23.2 Å². The van der Waals surface area contributed by atoms with Crippen LogP contribution < -0.4 is 15.7 Å². The molecule has 2 aromatic carbocycles. The summed E-state index contributed by atoms with van der Waals surface area (Å²) in [6, 6.07) is 11.4. The fourth-order valence-corrected chi connectivity index (χ4v) is 2.68. The molecule has 3 rings (SSSR count). The molecule has 1 N–H and O–H groups in total. The van der Waals surface area contributed by atoms with E-state index in [1.807, 2.05) is 6.92 Å². The minimum Gasteiger partial charge on any atom is -0.484 e. The van der Waals surface area contributed by atoms with Crippen LogP contribution in [0.25, 0.3) is 11.0 Å². The molecule has 0 bridgehead atoms. The van der Waals surface area contributed by atoms with E-state index in [1.165, 1.54) is 6.07 Å². The van der Waals surface area contributed by atoms with Crippen LogP contribution in [0.3, 0.4) is 0 Å². The van der Waals surface area contributed by atoms with Gasteiger partial charge in [-0.05, 0) is 36.8 Å². The highest BCUT2D eigenvalue weighted by molar-refractivity contribution is 6.44. The summed E-state index contributed by atoms with van der Waals surface area (Å²) in [6.45, 7) is 1.59. The van der Waals surface area contributed by atoms with E-state index in [0.29, 0.717) is 22.0 Å². The van der Waals surface area contributed by atoms with E-state index in [2.05, 4.69) is 5.32 Å². The Morgan fingerprint density at radius 3 is 2.80 bits per heavy atom. The Labute approximate surface area is 153 Å². The molecule has 0 aliphatic carbocycles. The van der Waals surface area contributed by atoms with Gasteiger partial charge in [-0.15, -0.1) is 0 Å². The third-order valence-corrected chi connectivity index (χ3v) is 4.34. The summed E-state index contributed by atoms with van der Waals surface area (Å²) in [5.41, 5.74) is 1.19. The lowest BCUT2D eigenvalue weighted by Gasteiger charge is -2.10. The van der Waals surface area contributed by atoms with Gasteiger partial charge in [0.1, 0.15) is 11.3 Å². The van der Waals surface area contributed by atoms with E-state index in [1.54, 1.807) is 36.4 Å². The van der Waals surface area contributed by atoms with Gasteiger partial charge in [-0.2, -0.15) is 0 Å². The normalized spacial score (nSPS) is 10.7. The van der Waals surface area contributed by atoms with Crippen molar-refractivity contribution >= 4 is 45.8 Å². The third kappa shape index (κ3) is 3.95. The van der Waals surface area contributed by atoms with E-state index in [4.69, 9.17) is 32.4 Å². The zero-order chi connectivity index (χ0) is 18.0. The van der Waals surface area contributed by atoms with Crippen molar-refractivity contribution in [1.82, 2.24) is 0 Å². The summed E-state index contributed by atoms with van der Waals surface area (Å²) >= 11 is 11.9. The maximum atomic E-state index is 12.0. The molecule has 0 unspecified atom stereocenters. The van der Waals surface area contributed by atoms with Crippen LogP contribution in [0.15, 0.2) is 51.7 Å². The number of amides is 1. The first kappa shape index (κ1) is 17.3. The topological polar surface area (TPSA) is 68.5 Å². The van der Waals surface area contributed by atoms with Gasteiger partial charge in [0, 0.05) is 17.5 Å². The van der Waals surface area contributed by atoms with E-state index < -0.39 is 11.5 Å². The van der Waals surface area contributed by atoms with Gasteiger partial charge in [0.25, 0.3) is 5.91 Å². The third-order valence-electron chi connectivity index (χ3n) is 3.52.